The molecule has 0 saturated heterocycles. The first kappa shape index (κ1) is 28.6. The molecule has 4 rings (SSSR count). The summed E-state index contributed by atoms with van der Waals surface area (Å²) in [6.45, 7) is 1.53. The molecule has 7 nitrogen and oxygen atoms in total. The summed E-state index contributed by atoms with van der Waals surface area (Å²) < 4.78 is 0. The van der Waals surface area contributed by atoms with Gasteiger partial charge in [-0.05, 0) is 48.9 Å². The van der Waals surface area contributed by atoms with Crippen LogP contribution in [0, 0.1) is 0 Å². The predicted octanol–water partition coefficient (Wildman–Crippen LogP) is 5.17. The summed E-state index contributed by atoms with van der Waals surface area (Å²) in [5.41, 5.74) is 2.93. The maximum atomic E-state index is 6.02. The first-order valence-electron chi connectivity index (χ1n) is 9.73. The average molecular weight is 529 g/mol. The minimum absolute atomic E-state index is 0. The maximum absolute atomic E-state index is 6.02. The molecule has 0 aliphatic carbocycles. The summed E-state index contributed by atoms with van der Waals surface area (Å²) >= 11 is 6.02. The van der Waals surface area contributed by atoms with Crippen LogP contribution in [0.4, 0.5) is 5.69 Å². The maximum Gasteiger partial charge on any atom is 0.199 e. The van der Waals surface area contributed by atoms with Gasteiger partial charge in [-0.3, -0.25) is 5.10 Å². The third kappa shape index (κ3) is 8.46. The molecule has 0 bridgehead atoms. The molecule has 0 spiro atoms. The van der Waals surface area contributed by atoms with E-state index in [1.807, 2.05) is 30.3 Å². The zero-order chi connectivity index (χ0) is 20.6. The fraction of sp³-hybridized carbons (Fsp3) is 0.182. The van der Waals surface area contributed by atoms with Crippen molar-refractivity contribution in [1.29, 1.82) is 0 Å². The topological polar surface area (TPSA) is 91.4 Å². The highest BCUT2D eigenvalue weighted by Crippen LogP contribution is 2.20. The van der Waals surface area contributed by atoms with Crippen molar-refractivity contribution in [2.75, 3.05) is 18.4 Å². The van der Waals surface area contributed by atoms with Crippen molar-refractivity contribution in [2.24, 2.45) is 0 Å². The largest absolute Gasteiger partial charge is 0.374 e. The highest BCUT2D eigenvalue weighted by molar-refractivity contribution is 6.30. The standard InChI is InChI=1S/C22H22ClN7.3ClH/c23-17-6-8-18(9-7-17)27-20(14-24-12-10-16-4-2-1-3-5-16)22-28-21(29-30-22)19-11-13-25-15-26-19;;;/h1-9,11,13,15,20,24,27H,10,12,14H2,(H,28,29,30);3*1H. The van der Waals surface area contributed by atoms with Crippen molar-refractivity contribution >= 4 is 54.5 Å². The molecule has 2 heterocycles. The zero-order valence-corrected chi connectivity index (χ0v) is 20.7. The lowest BCUT2D eigenvalue weighted by atomic mass is 10.1. The molecule has 11 heteroatoms. The van der Waals surface area contributed by atoms with Gasteiger partial charge in [-0.2, -0.15) is 5.10 Å². The summed E-state index contributed by atoms with van der Waals surface area (Å²) in [4.78, 5) is 12.8. The molecule has 0 saturated carbocycles. The number of nitrogens with zero attached hydrogens (tertiary/aromatic N) is 4. The van der Waals surface area contributed by atoms with Crippen molar-refractivity contribution in [3.8, 4) is 11.5 Å². The molecule has 2 aromatic carbocycles. The average Bonchev–Trinajstić information content (AvgIpc) is 3.29. The Bertz CT molecular complexity index is 1050. The van der Waals surface area contributed by atoms with E-state index in [2.05, 4.69) is 60.0 Å². The molecule has 2 aromatic heterocycles. The lowest BCUT2D eigenvalue weighted by Crippen LogP contribution is -2.28. The van der Waals surface area contributed by atoms with Gasteiger partial charge >= 0.3 is 0 Å². The van der Waals surface area contributed by atoms with Gasteiger partial charge in [0.25, 0.3) is 0 Å². The van der Waals surface area contributed by atoms with Crippen LogP contribution in [0.3, 0.4) is 0 Å². The Hall–Kier alpha value is -2.42. The predicted molar refractivity (Wildman–Crippen MR) is 140 cm³/mol. The van der Waals surface area contributed by atoms with Gasteiger partial charge in [0.1, 0.15) is 17.8 Å². The molecular formula is C22H25Cl4N7. The molecule has 0 aliphatic rings. The number of aromatic amines is 1. The number of H-pyrrole nitrogens is 1. The number of halogens is 4. The number of rotatable bonds is 9. The first-order chi connectivity index (χ1) is 14.8. The number of benzene rings is 2. The number of hydrogen-bond donors (Lipinski definition) is 3. The smallest absolute Gasteiger partial charge is 0.199 e. The first-order valence-corrected chi connectivity index (χ1v) is 10.1. The Balaban J connectivity index is 0.00000181. The summed E-state index contributed by atoms with van der Waals surface area (Å²) in [5, 5.41) is 15.1. The highest BCUT2D eigenvalue weighted by Gasteiger charge is 2.17. The molecule has 1 unspecified atom stereocenters. The summed E-state index contributed by atoms with van der Waals surface area (Å²) in [6, 6.07) is 19.7. The lowest BCUT2D eigenvalue weighted by molar-refractivity contribution is 0.603. The van der Waals surface area contributed by atoms with Gasteiger partial charge in [0, 0.05) is 23.5 Å². The molecule has 0 amide bonds. The molecule has 33 heavy (non-hydrogen) atoms. The molecular weight excluding hydrogens is 504 g/mol. The second kappa shape index (κ2) is 14.7. The van der Waals surface area contributed by atoms with E-state index in [4.69, 9.17) is 11.6 Å². The van der Waals surface area contributed by atoms with E-state index in [1.54, 1.807) is 12.3 Å². The van der Waals surface area contributed by atoms with Crippen molar-refractivity contribution < 1.29 is 0 Å². The SMILES string of the molecule is Cl.Cl.Cl.Clc1ccc(NC(CNCCc2ccccc2)c2nc(-c3ccncn3)n[nH]2)cc1. The Morgan fingerprint density at radius 1 is 0.939 bits per heavy atom. The van der Waals surface area contributed by atoms with Crippen LogP contribution in [0.5, 0.6) is 0 Å². The second-order valence-corrected chi connectivity index (χ2v) is 7.22. The normalized spacial score (nSPS) is 10.8. The molecule has 0 fully saturated rings. The van der Waals surface area contributed by atoms with Crippen LogP contribution in [0.25, 0.3) is 11.5 Å². The Kier molecular flexibility index (Phi) is 12.7. The van der Waals surface area contributed by atoms with Crippen molar-refractivity contribution in [3.05, 3.63) is 89.6 Å². The third-order valence-electron chi connectivity index (χ3n) is 4.61. The summed E-state index contributed by atoms with van der Waals surface area (Å²) in [6.07, 6.45) is 4.12. The van der Waals surface area contributed by atoms with Gasteiger partial charge in [0.2, 0.25) is 0 Å². The third-order valence-corrected chi connectivity index (χ3v) is 4.86. The second-order valence-electron chi connectivity index (χ2n) is 6.78. The summed E-state index contributed by atoms with van der Waals surface area (Å²) in [5.74, 6) is 1.27. The number of aromatic nitrogens is 5. The van der Waals surface area contributed by atoms with E-state index in [-0.39, 0.29) is 43.3 Å². The highest BCUT2D eigenvalue weighted by atomic mass is 35.5. The summed E-state index contributed by atoms with van der Waals surface area (Å²) in [7, 11) is 0. The van der Waals surface area contributed by atoms with Crippen molar-refractivity contribution in [1.82, 2.24) is 30.5 Å². The van der Waals surface area contributed by atoms with Crippen LogP contribution in [-0.4, -0.2) is 38.2 Å². The van der Waals surface area contributed by atoms with E-state index in [1.165, 1.54) is 11.9 Å². The van der Waals surface area contributed by atoms with Crippen LogP contribution in [-0.2, 0) is 6.42 Å². The van der Waals surface area contributed by atoms with E-state index >= 15 is 0 Å². The molecule has 4 aromatic rings. The van der Waals surface area contributed by atoms with Gasteiger partial charge in [-0.1, -0.05) is 41.9 Å². The minimum Gasteiger partial charge on any atom is -0.374 e. The molecule has 3 N–H and O–H groups in total. The van der Waals surface area contributed by atoms with E-state index in [0.29, 0.717) is 23.1 Å². The molecule has 0 radical (unpaired) electrons. The van der Waals surface area contributed by atoms with E-state index < -0.39 is 0 Å². The van der Waals surface area contributed by atoms with Gasteiger partial charge in [-0.25, -0.2) is 15.0 Å². The quantitative estimate of drug-likeness (QED) is 0.260. The van der Waals surface area contributed by atoms with Gasteiger partial charge in [0.05, 0.1) is 6.04 Å². The van der Waals surface area contributed by atoms with Crippen LogP contribution < -0.4 is 10.6 Å². The number of anilines is 1. The van der Waals surface area contributed by atoms with Crippen LogP contribution in [0.1, 0.15) is 17.4 Å². The fourth-order valence-corrected chi connectivity index (χ4v) is 3.18. The van der Waals surface area contributed by atoms with Gasteiger partial charge < -0.3 is 10.6 Å². The van der Waals surface area contributed by atoms with Crippen LogP contribution >= 0.6 is 48.8 Å². The number of nitrogens with one attached hydrogen (secondary N) is 3. The molecule has 0 aliphatic heterocycles. The van der Waals surface area contributed by atoms with Crippen molar-refractivity contribution in [2.45, 2.75) is 12.5 Å². The van der Waals surface area contributed by atoms with Crippen LogP contribution in [0.15, 0.2) is 73.2 Å². The Morgan fingerprint density at radius 3 is 2.39 bits per heavy atom. The Labute approximate surface area is 216 Å². The zero-order valence-electron chi connectivity index (χ0n) is 17.5. The monoisotopic (exact) mass is 527 g/mol. The minimum atomic E-state index is -0.106. The van der Waals surface area contributed by atoms with E-state index in [0.717, 1.165) is 24.5 Å². The van der Waals surface area contributed by atoms with Gasteiger partial charge in [-0.15, -0.1) is 37.2 Å². The van der Waals surface area contributed by atoms with Crippen molar-refractivity contribution in [3.63, 3.8) is 0 Å². The number of hydrogen-bond acceptors (Lipinski definition) is 6. The lowest BCUT2D eigenvalue weighted by Gasteiger charge is -2.18. The fourth-order valence-electron chi connectivity index (χ4n) is 3.05. The Morgan fingerprint density at radius 2 is 1.70 bits per heavy atom. The van der Waals surface area contributed by atoms with Crippen LogP contribution in [0.2, 0.25) is 5.02 Å². The molecule has 176 valence electrons. The van der Waals surface area contributed by atoms with E-state index in [9.17, 15) is 0 Å². The van der Waals surface area contributed by atoms with Gasteiger partial charge in [0.15, 0.2) is 5.82 Å². The molecule has 1 atom stereocenters.